The van der Waals surface area contributed by atoms with E-state index in [0.717, 1.165) is 5.75 Å². The van der Waals surface area contributed by atoms with E-state index in [1.807, 2.05) is 6.92 Å². The minimum Gasteiger partial charge on any atom is -0.481 e. The summed E-state index contributed by atoms with van der Waals surface area (Å²) in [4.78, 5) is 44.0. The Morgan fingerprint density at radius 3 is 2.18 bits per heavy atom. The summed E-state index contributed by atoms with van der Waals surface area (Å²) in [6.45, 7) is 0.869. The topological polar surface area (TPSA) is 158 Å². The van der Waals surface area contributed by atoms with Crippen molar-refractivity contribution < 1.29 is 44.3 Å². The smallest absolute Gasteiger partial charge is 0.344 e. The summed E-state index contributed by atoms with van der Waals surface area (Å²) >= 11 is 1.46. The van der Waals surface area contributed by atoms with Gasteiger partial charge in [0.05, 0.1) is 6.42 Å². The number of thioether (sulfide) groups is 1. The molecule has 0 saturated carbocycles. The van der Waals surface area contributed by atoms with Crippen LogP contribution >= 0.6 is 11.8 Å². The molecule has 0 amide bonds. The lowest BCUT2D eigenvalue weighted by Gasteiger charge is -2.21. The molecule has 2 unspecified atom stereocenters. The molecule has 0 aliphatic heterocycles. The van der Waals surface area contributed by atoms with Crippen LogP contribution in [0.1, 0.15) is 19.8 Å². The van der Waals surface area contributed by atoms with Crippen LogP contribution < -0.4 is 0 Å². The second kappa shape index (κ2) is 9.38. The maximum Gasteiger partial charge on any atom is 0.344 e. The second-order valence-electron chi connectivity index (χ2n) is 4.28. The third-order valence-electron chi connectivity index (χ3n) is 2.64. The SMILES string of the molecule is CCSCCC(OCC(=O)C(O)(CC(=O)O)C(=O)O)C(=O)O. The summed E-state index contributed by atoms with van der Waals surface area (Å²) in [7, 11) is 0. The first-order chi connectivity index (χ1) is 10.1. The van der Waals surface area contributed by atoms with Gasteiger partial charge in [-0.1, -0.05) is 6.92 Å². The zero-order valence-electron chi connectivity index (χ0n) is 11.9. The highest BCUT2D eigenvalue weighted by molar-refractivity contribution is 7.99. The summed E-state index contributed by atoms with van der Waals surface area (Å²) in [5.74, 6) is -5.24. The zero-order chi connectivity index (χ0) is 17.3. The predicted octanol–water partition coefficient (Wildman–Crippen LogP) is -0.541. The van der Waals surface area contributed by atoms with Crippen LogP contribution in [0.5, 0.6) is 0 Å². The summed E-state index contributed by atoms with van der Waals surface area (Å²) in [5.41, 5.74) is -3.15. The lowest BCUT2D eigenvalue weighted by molar-refractivity contribution is -0.174. The Labute approximate surface area is 130 Å². The number of ketones is 1. The Morgan fingerprint density at radius 2 is 1.77 bits per heavy atom. The van der Waals surface area contributed by atoms with Crippen LogP contribution in [-0.4, -0.2) is 73.9 Å². The number of carboxylic acids is 3. The summed E-state index contributed by atoms with van der Waals surface area (Å²) in [6.07, 6.45) is -2.59. The number of rotatable bonds is 12. The average molecular weight is 338 g/mol. The molecule has 0 fully saturated rings. The molecule has 126 valence electrons. The van der Waals surface area contributed by atoms with E-state index in [1.54, 1.807) is 0 Å². The van der Waals surface area contributed by atoms with E-state index >= 15 is 0 Å². The maximum atomic E-state index is 11.7. The van der Waals surface area contributed by atoms with E-state index in [-0.39, 0.29) is 6.42 Å². The van der Waals surface area contributed by atoms with Crippen molar-refractivity contribution in [2.24, 2.45) is 0 Å². The van der Waals surface area contributed by atoms with Gasteiger partial charge in [0, 0.05) is 0 Å². The Hall–Kier alpha value is -1.65. The zero-order valence-corrected chi connectivity index (χ0v) is 12.7. The molecule has 10 heteroatoms. The molecule has 0 saturated heterocycles. The number of aliphatic hydroxyl groups is 1. The van der Waals surface area contributed by atoms with Crippen molar-refractivity contribution in [2.45, 2.75) is 31.5 Å². The molecule has 2 atom stereocenters. The molecule has 9 nitrogen and oxygen atoms in total. The third-order valence-corrected chi connectivity index (χ3v) is 3.57. The van der Waals surface area contributed by atoms with Crippen LogP contribution in [0.2, 0.25) is 0 Å². The van der Waals surface area contributed by atoms with Crippen molar-refractivity contribution in [1.82, 2.24) is 0 Å². The second-order valence-corrected chi connectivity index (χ2v) is 5.68. The summed E-state index contributed by atoms with van der Waals surface area (Å²) in [6, 6.07) is 0. The van der Waals surface area contributed by atoms with Gasteiger partial charge in [-0.25, -0.2) is 9.59 Å². The minimum absolute atomic E-state index is 0.0888. The number of carbonyl (C=O) groups is 4. The molecule has 0 aromatic rings. The van der Waals surface area contributed by atoms with Crippen LogP contribution in [0.3, 0.4) is 0 Å². The quantitative estimate of drug-likeness (QED) is 0.269. The van der Waals surface area contributed by atoms with Crippen molar-refractivity contribution in [2.75, 3.05) is 18.1 Å². The van der Waals surface area contributed by atoms with Gasteiger partial charge in [-0.05, 0) is 17.9 Å². The van der Waals surface area contributed by atoms with E-state index in [9.17, 15) is 24.3 Å². The normalized spacial score (nSPS) is 14.8. The largest absolute Gasteiger partial charge is 0.481 e. The van der Waals surface area contributed by atoms with E-state index < -0.39 is 48.4 Å². The van der Waals surface area contributed by atoms with E-state index in [0.29, 0.717) is 5.75 Å². The molecule has 4 N–H and O–H groups in total. The highest BCUT2D eigenvalue weighted by Gasteiger charge is 2.46. The van der Waals surface area contributed by atoms with Crippen molar-refractivity contribution >= 4 is 35.5 Å². The van der Waals surface area contributed by atoms with Crippen LogP contribution in [-0.2, 0) is 23.9 Å². The standard InChI is InChI=1S/C12H18O9S/c1-2-22-4-3-7(10(16)17)21-6-8(13)12(20,11(18)19)5-9(14)15/h7,20H,2-6H2,1H3,(H,14,15)(H,16,17)(H,18,19). The maximum absolute atomic E-state index is 11.7. The van der Waals surface area contributed by atoms with Gasteiger partial charge >= 0.3 is 17.9 Å². The molecule has 0 spiro atoms. The molecular weight excluding hydrogens is 320 g/mol. The highest BCUT2D eigenvalue weighted by atomic mass is 32.2. The first-order valence-electron chi connectivity index (χ1n) is 6.28. The first-order valence-corrected chi connectivity index (χ1v) is 7.43. The number of aliphatic carboxylic acids is 3. The van der Waals surface area contributed by atoms with E-state index in [2.05, 4.69) is 0 Å². The van der Waals surface area contributed by atoms with Crippen molar-refractivity contribution in [3.8, 4) is 0 Å². The van der Waals surface area contributed by atoms with Gasteiger partial charge < -0.3 is 25.2 Å². The Morgan fingerprint density at radius 1 is 1.18 bits per heavy atom. The molecule has 0 radical (unpaired) electrons. The van der Waals surface area contributed by atoms with E-state index in [1.165, 1.54) is 11.8 Å². The Balaban J connectivity index is 4.74. The predicted molar refractivity (Wildman–Crippen MR) is 74.8 cm³/mol. The summed E-state index contributed by atoms with van der Waals surface area (Å²) in [5, 5.41) is 35.9. The van der Waals surface area contributed by atoms with Gasteiger partial charge in [-0.15, -0.1) is 0 Å². The van der Waals surface area contributed by atoms with Gasteiger partial charge in [-0.2, -0.15) is 11.8 Å². The number of Topliss-reactive ketones (excluding diaryl/α,β-unsaturated/α-hetero) is 1. The Bertz CT molecular complexity index is 436. The van der Waals surface area contributed by atoms with Gasteiger partial charge in [-0.3, -0.25) is 9.59 Å². The van der Waals surface area contributed by atoms with Crippen LogP contribution in [0.25, 0.3) is 0 Å². The molecular formula is C12H18O9S. The van der Waals surface area contributed by atoms with Crippen LogP contribution in [0.15, 0.2) is 0 Å². The van der Waals surface area contributed by atoms with Gasteiger partial charge in [0.2, 0.25) is 11.4 Å². The molecule has 22 heavy (non-hydrogen) atoms. The number of carbonyl (C=O) groups excluding carboxylic acids is 1. The molecule has 0 aromatic heterocycles. The number of carboxylic acid groups (broad SMARTS) is 3. The monoisotopic (exact) mass is 338 g/mol. The Kier molecular flexibility index (Phi) is 8.68. The van der Waals surface area contributed by atoms with Crippen molar-refractivity contribution in [1.29, 1.82) is 0 Å². The first kappa shape index (κ1) is 20.3. The van der Waals surface area contributed by atoms with Crippen molar-refractivity contribution in [3.63, 3.8) is 0 Å². The fourth-order valence-corrected chi connectivity index (χ4v) is 2.09. The molecule has 0 rings (SSSR count). The molecule has 0 bridgehead atoms. The average Bonchev–Trinajstić information content (AvgIpc) is 2.40. The number of ether oxygens (including phenoxy) is 1. The highest BCUT2D eigenvalue weighted by Crippen LogP contribution is 2.15. The lowest BCUT2D eigenvalue weighted by atomic mass is 9.95. The molecule has 0 aromatic carbocycles. The fraction of sp³-hybridized carbons (Fsp3) is 0.667. The third kappa shape index (κ3) is 6.41. The molecule has 0 aliphatic rings. The van der Waals surface area contributed by atoms with Crippen LogP contribution in [0, 0.1) is 0 Å². The number of hydrogen-bond donors (Lipinski definition) is 4. The van der Waals surface area contributed by atoms with Crippen LogP contribution in [0.4, 0.5) is 0 Å². The van der Waals surface area contributed by atoms with Gasteiger partial charge in [0.1, 0.15) is 6.61 Å². The number of hydrogen-bond acceptors (Lipinski definition) is 7. The van der Waals surface area contributed by atoms with E-state index in [4.69, 9.17) is 20.1 Å². The molecule has 0 heterocycles. The van der Waals surface area contributed by atoms with Gasteiger partial charge in [0.15, 0.2) is 6.10 Å². The van der Waals surface area contributed by atoms with Gasteiger partial charge in [0.25, 0.3) is 0 Å². The lowest BCUT2D eigenvalue weighted by Crippen LogP contribution is -2.50. The fourth-order valence-electron chi connectivity index (χ4n) is 1.42. The molecule has 0 aliphatic carbocycles. The van der Waals surface area contributed by atoms with Crippen molar-refractivity contribution in [3.05, 3.63) is 0 Å². The summed E-state index contributed by atoms with van der Waals surface area (Å²) < 4.78 is 4.81. The minimum atomic E-state index is -3.15.